The molecule has 2 saturated carbocycles. The van der Waals surface area contributed by atoms with Crippen LogP contribution in [-0.2, 0) is 20.7 Å². The summed E-state index contributed by atoms with van der Waals surface area (Å²) < 4.78 is 14.6. The topological polar surface area (TPSA) is 92.3 Å². The second-order valence-electron chi connectivity index (χ2n) is 13.9. The van der Waals surface area contributed by atoms with Gasteiger partial charge in [-0.2, -0.15) is 0 Å². The first-order chi connectivity index (χ1) is 24.1. The molecule has 0 bridgehead atoms. The molecule has 270 valence electrons. The van der Waals surface area contributed by atoms with Crippen molar-refractivity contribution in [2.75, 3.05) is 18.2 Å². The lowest BCUT2D eigenvalue weighted by atomic mass is 9.75. The zero-order chi connectivity index (χ0) is 35.6. The zero-order valence-electron chi connectivity index (χ0n) is 28.7. The van der Waals surface area contributed by atoms with Gasteiger partial charge in [0.05, 0.1) is 0 Å². The molecular weight excluding hydrogens is 915 g/mol. The summed E-state index contributed by atoms with van der Waals surface area (Å²) in [6.07, 6.45) is 15.8. The third kappa shape index (κ3) is 7.37. The van der Waals surface area contributed by atoms with Crippen LogP contribution in [-0.4, -0.2) is 57.4 Å². The number of nitrogens with zero attached hydrogens (tertiary/aromatic N) is 2. The summed E-state index contributed by atoms with van der Waals surface area (Å²) in [5.74, 6) is 2.65. The first kappa shape index (κ1) is 38.3. The fourth-order valence-electron chi connectivity index (χ4n) is 8.59. The number of halogens is 3. The molecule has 2 amide bonds. The number of fused-ring (bicyclic) bond motifs is 4. The Balaban J connectivity index is 0.000000165. The maximum atomic E-state index is 13.3. The molecule has 8 nitrogen and oxygen atoms in total. The first-order valence-corrected chi connectivity index (χ1v) is 22.9. The van der Waals surface area contributed by atoms with E-state index in [1.54, 1.807) is 4.90 Å². The van der Waals surface area contributed by atoms with Gasteiger partial charge in [0.2, 0.25) is 0 Å². The fraction of sp³-hybridized carbons (Fsp3) is 0.568. The van der Waals surface area contributed by atoms with E-state index in [-0.39, 0.29) is 24.0 Å². The normalized spacial score (nSPS) is 29.0. The van der Waals surface area contributed by atoms with Gasteiger partial charge in [0.15, 0.2) is 21.4 Å². The standard InChI is InChI=1S/C19H23BrN2O2S.C17H19BrN2O2S.CH3I/c1-22-17(23)19(21-18(22)25-2)11-16(12-6-4-3-5-7-12)24-15-9-8-13(20)10-14(15)19;18-11-6-7-13-12(8-11)17(15(21)19-16(23)20-17)9-14(22-13)10-4-2-1-3-5-10;1-2/h8-10,12,16H,3-7,11H2,1-2H3;6-8,10,14H,1-5,9H2,(H2,19,20,21,23);1H3. The quantitative estimate of drug-likeness (QED) is 0.177. The highest BCUT2D eigenvalue weighted by Crippen LogP contribution is 2.50. The van der Waals surface area contributed by atoms with E-state index < -0.39 is 11.1 Å². The molecule has 1 saturated heterocycles. The van der Waals surface area contributed by atoms with Crippen molar-refractivity contribution in [2.45, 2.75) is 100 Å². The largest absolute Gasteiger partial charge is 0.490 e. The van der Waals surface area contributed by atoms with Crippen LogP contribution in [0.25, 0.3) is 0 Å². The molecule has 2 N–H and O–H groups in total. The molecule has 6 aliphatic rings. The van der Waals surface area contributed by atoms with Crippen molar-refractivity contribution in [3.8, 4) is 11.5 Å². The number of carbonyl (C=O) groups excluding carboxylic acids is 2. The van der Waals surface area contributed by atoms with Gasteiger partial charge in [-0.05, 0) is 97.3 Å². The minimum absolute atomic E-state index is 0.0584. The highest BCUT2D eigenvalue weighted by molar-refractivity contribution is 14.1. The highest BCUT2D eigenvalue weighted by atomic mass is 127. The van der Waals surface area contributed by atoms with Crippen LogP contribution in [0.1, 0.15) is 88.2 Å². The summed E-state index contributed by atoms with van der Waals surface area (Å²) in [6.45, 7) is 0. The molecule has 4 heterocycles. The highest BCUT2D eigenvalue weighted by Gasteiger charge is 2.55. The van der Waals surface area contributed by atoms with Crippen LogP contribution in [0.4, 0.5) is 0 Å². The molecule has 0 radical (unpaired) electrons. The first-order valence-electron chi connectivity index (χ1n) is 17.5. The average molecular weight is 961 g/mol. The number of ether oxygens (including phenoxy) is 2. The molecule has 3 fully saturated rings. The number of carbonyl (C=O) groups is 2. The van der Waals surface area contributed by atoms with E-state index in [1.165, 1.54) is 76.0 Å². The lowest BCUT2D eigenvalue weighted by Gasteiger charge is -2.41. The maximum absolute atomic E-state index is 13.3. The van der Waals surface area contributed by atoms with Gasteiger partial charge in [0.25, 0.3) is 11.8 Å². The van der Waals surface area contributed by atoms with Crippen molar-refractivity contribution in [3.05, 3.63) is 56.5 Å². The van der Waals surface area contributed by atoms with Gasteiger partial charge in [-0.15, -0.1) is 0 Å². The van der Waals surface area contributed by atoms with Gasteiger partial charge in [-0.3, -0.25) is 14.5 Å². The van der Waals surface area contributed by atoms with Crippen molar-refractivity contribution >= 4 is 101 Å². The van der Waals surface area contributed by atoms with Crippen LogP contribution in [0, 0.1) is 11.8 Å². The predicted molar refractivity (Wildman–Crippen MR) is 220 cm³/mol. The molecule has 2 aromatic carbocycles. The average Bonchev–Trinajstić information content (AvgIpc) is 3.56. The number of nitrogens with one attached hydrogen (secondary N) is 2. The Hall–Kier alpha value is -1.42. The van der Waals surface area contributed by atoms with Gasteiger partial charge in [-0.1, -0.05) is 105 Å². The molecule has 13 heteroatoms. The Kier molecular flexibility index (Phi) is 12.5. The van der Waals surface area contributed by atoms with E-state index in [9.17, 15) is 9.59 Å². The minimum atomic E-state index is -0.827. The number of benzene rings is 2. The number of likely N-dealkylation sites (N-methyl/N-ethyl adjacent to an activating group) is 1. The lowest BCUT2D eigenvalue weighted by Crippen LogP contribution is -2.52. The van der Waals surface area contributed by atoms with Crippen LogP contribution in [0.15, 0.2) is 50.3 Å². The van der Waals surface area contributed by atoms with Crippen molar-refractivity contribution in [1.29, 1.82) is 0 Å². The van der Waals surface area contributed by atoms with E-state index in [2.05, 4.69) is 65.1 Å². The molecule has 4 atom stereocenters. The summed E-state index contributed by atoms with van der Waals surface area (Å²) in [5, 5.41) is 7.21. The van der Waals surface area contributed by atoms with Gasteiger partial charge in [0.1, 0.15) is 23.7 Å². The van der Waals surface area contributed by atoms with Crippen molar-refractivity contribution in [2.24, 2.45) is 16.8 Å². The monoisotopic (exact) mass is 958 g/mol. The van der Waals surface area contributed by atoms with Crippen LogP contribution in [0.3, 0.4) is 0 Å². The van der Waals surface area contributed by atoms with Gasteiger partial charge >= 0.3 is 0 Å². The number of rotatable bonds is 2. The molecule has 4 unspecified atom stereocenters. The number of hydrogen-bond donors (Lipinski definition) is 2. The summed E-state index contributed by atoms with van der Waals surface area (Å²) >= 11 is 15.9. The van der Waals surface area contributed by atoms with Gasteiger partial charge < -0.3 is 20.1 Å². The second kappa shape index (κ2) is 16.3. The Bertz CT molecular complexity index is 1650. The molecular formula is C37H45Br2IN4O4S2. The van der Waals surface area contributed by atoms with E-state index in [4.69, 9.17) is 26.7 Å². The lowest BCUT2D eigenvalue weighted by molar-refractivity contribution is -0.132. The molecule has 2 aliphatic carbocycles. The number of hydrogen-bond acceptors (Lipinski definition) is 7. The number of amidine groups is 1. The molecule has 8 rings (SSSR count). The Morgan fingerprint density at radius 1 is 0.860 bits per heavy atom. The molecule has 2 aromatic rings. The van der Waals surface area contributed by atoms with Gasteiger partial charge in [-0.25, -0.2) is 4.99 Å². The SMILES string of the molecule is CI.CSC1=NC2(CC(C3CCCCC3)Oc3ccc(Br)cc32)C(=O)N1C.O=C1NC(=S)NC12CC(C1CCCCC1)Oc1ccc(Br)cc12. The Morgan fingerprint density at radius 3 is 1.88 bits per heavy atom. The Labute approximate surface area is 335 Å². The van der Waals surface area contributed by atoms with Gasteiger partial charge in [0, 0.05) is 40.0 Å². The minimum Gasteiger partial charge on any atom is -0.490 e. The van der Waals surface area contributed by atoms with Crippen LogP contribution < -0.4 is 20.1 Å². The van der Waals surface area contributed by atoms with Crippen LogP contribution >= 0.6 is 78.4 Å². The summed E-state index contributed by atoms with van der Waals surface area (Å²) in [6, 6.07) is 11.8. The van der Waals surface area contributed by atoms with Crippen molar-refractivity contribution < 1.29 is 19.1 Å². The Morgan fingerprint density at radius 2 is 1.38 bits per heavy atom. The summed E-state index contributed by atoms with van der Waals surface area (Å²) in [5.41, 5.74) is 0.148. The third-order valence-corrected chi connectivity index (χ3v) is 13.0. The molecule has 4 aliphatic heterocycles. The van der Waals surface area contributed by atoms with E-state index in [1.807, 2.05) is 54.6 Å². The molecule has 0 aromatic heterocycles. The number of alkyl halides is 1. The van der Waals surface area contributed by atoms with E-state index in [0.29, 0.717) is 29.8 Å². The van der Waals surface area contributed by atoms with Crippen LogP contribution in [0.5, 0.6) is 11.5 Å². The maximum Gasteiger partial charge on any atom is 0.261 e. The van der Waals surface area contributed by atoms with Crippen molar-refractivity contribution in [3.63, 3.8) is 0 Å². The zero-order valence-corrected chi connectivity index (χ0v) is 35.7. The molecule has 50 heavy (non-hydrogen) atoms. The smallest absolute Gasteiger partial charge is 0.261 e. The third-order valence-electron chi connectivity index (χ3n) is 11.1. The fourth-order valence-corrected chi connectivity index (χ4v) is 10.2. The van der Waals surface area contributed by atoms with E-state index >= 15 is 0 Å². The van der Waals surface area contributed by atoms with E-state index in [0.717, 1.165) is 36.7 Å². The summed E-state index contributed by atoms with van der Waals surface area (Å²) in [4.78, 5) is 34.6. The van der Waals surface area contributed by atoms with Crippen LogP contribution in [0.2, 0.25) is 0 Å². The number of amides is 2. The van der Waals surface area contributed by atoms with Crippen molar-refractivity contribution in [1.82, 2.24) is 15.5 Å². The summed E-state index contributed by atoms with van der Waals surface area (Å²) in [7, 11) is 1.83. The number of thioether (sulfide) groups is 1. The number of thiocarbonyl (C=S) groups is 1. The predicted octanol–water partition coefficient (Wildman–Crippen LogP) is 9.00. The molecule has 2 spiro atoms. The number of aliphatic imine (C=N–C) groups is 1. The second-order valence-corrected chi connectivity index (χ2v) is 16.9.